The van der Waals surface area contributed by atoms with Crippen LogP contribution >= 0.6 is 35.7 Å². The summed E-state index contributed by atoms with van der Waals surface area (Å²) < 4.78 is 6.13. The van der Waals surface area contributed by atoms with E-state index < -0.39 is 0 Å². The van der Waals surface area contributed by atoms with Crippen molar-refractivity contribution < 1.29 is 4.74 Å². The lowest BCUT2D eigenvalue weighted by atomic mass is 10.1. The van der Waals surface area contributed by atoms with Gasteiger partial charge in [0.15, 0.2) is 5.96 Å². The summed E-state index contributed by atoms with van der Waals surface area (Å²) in [5.41, 5.74) is 0. The minimum absolute atomic E-state index is 0. The summed E-state index contributed by atoms with van der Waals surface area (Å²) in [5.74, 6) is 2.25. The molecule has 0 aromatic rings. The molecule has 3 atom stereocenters. The van der Waals surface area contributed by atoms with Crippen LogP contribution in [0.5, 0.6) is 0 Å². The normalized spacial score (nSPS) is 30.8. The van der Waals surface area contributed by atoms with Crippen molar-refractivity contribution in [1.29, 1.82) is 0 Å². The van der Waals surface area contributed by atoms with Gasteiger partial charge in [-0.05, 0) is 52.7 Å². The van der Waals surface area contributed by atoms with Gasteiger partial charge < -0.3 is 15.4 Å². The van der Waals surface area contributed by atoms with Gasteiger partial charge in [-0.1, -0.05) is 0 Å². The lowest BCUT2D eigenvalue weighted by molar-refractivity contribution is -0.0679. The summed E-state index contributed by atoms with van der Waals surface area (Å²) in [4.78, 5) is 7.33. The fourth-order valence-corrected chi connectivity index (χ4v) is 4.75. The van der Waals surface area contributed by atoms with Gasteiger partial charge in [0.1, 0.15) is 0 Å². The minimum atomic E-state index is 0. The van der Waals surface area contributed by atoms with E-state index in [0.717, 1.165) is 51.6 Å². The molecule has 0 radical (unpaired) electrons. The highest BCUT2D eigenvalue weighted by Gasteiger charge is 2.29. The van der Waals surface area contributed by atoms with E-state index in [0.29, 0.717) is 17.0 Å². The van der Waals surface area contributed by atoms with Gasteiger partial charge in [0.05, 0.1) is 18.8 Å². The number of thioether (sulfide) groups is 1. The topological polar surface area (TPSA) is 48.9 Å². The second-order valence-corrected chi connectivity index (χ2v) is 9.08. The molecule has 2 rings (SSSR count). The van der Waals surface area contributed by atoms with Gasteiger partial charge in [-0.15, -0.1) is 24.0 Å². The summed E-state index contributed by atoms with van der Waals surface area (Å²) in [6.07, 6.45) is 4.46. The van der Waals surface area contributed by atoms with Crippen molar-refractivity contribution in [1.82, 2.24) is 15.5 Å². The van der Waals surface area contributed by atoms with Crippen LogP contribution in [-0.2, 0) is 4.74 Å². The molecule has 0 spiro atoms. The van der Waals surface area contributed by atoms with Gasteiger partial charge in [-0.3, -0.25) is 9.89 Å². The van der Waals surface area contributed by atoms with Crippen LogP contribution in [0.1, 0.15) is 47.0 Å². The SMILES string of the molecule is CCNC(=NCC1(C)CCCS1)NCCCN1CC(C)OC(C)C1.I. The Balaban J connectivity index is 0.00000312. The summed E-state index contributed by atoms with van der Waals surface area (Å²) in [7, 11) is 0. The quantitative estimate of drug-likeness (QED) is 0.252. The number of morpholine rings is 1. The second kappa shape index (κ2) is 11.9. The number of halogens is 1. The molecular formula is C18H37IN4OS. The molecule has 2 saturated heterocycles. The molecular weight excluding hydrogens is 447 g/mol. The molecule has 5 nitrogen and oxygen atoms in total. The molecule has 0 aromatic heterocycles. The van der Waals surface area contributed by atoms with Crippen molar-refractivity contribution in [2.24, 2.45) is 4.99 Å². The fraction of sp³-hybridized carbons (Fsp3) is 0.944. The maximum absolute atomic E-state index is 5.79. The van der Waals surface area contributed by atoms with Crippen molar-refractivity contribution in [3.63, 3.8) is 0 Å². The summed E-state index contributed by atoms with van der Waals surface area (Å²) >= 11 is 2.07. The third-order valence-corrected chi connectivity index (χ3v) is 6.18. The third kappa shape index (κ3) is 8.67. The van der Waals surface area contributed by atoms with E-state index in [2.05, 4.69) is 55.0 Å². The number of nitrogens with one attached hydrogen (secondary N) is 2. The van der Waals surface area contributed by atoms with Crippen LogP contribution in [-0.4, -0.2) is 72.8 Å². The molecule has 2 N–H and O–H groups in total. The first-order valence-electron chi connectivity index (χ1n) is 9.55. The number of rotatable bonds is 7. The Morgan fingerprint density at radius 1 is 1.28 bits per heavy atom. The summed E-state index contributed by atoms with van der Waals surface area (Å²) in [5, 5.41) is 6.87. The molecule has 0 aliphatic carbocycles. The van der Waals surface area contributed by atoms with E-state index in [1.54, 1.807) is 0 Å². The van der Waals surface area contributed by atoms with Crippen molar-refractivity contribution >= 4 is 41.7 Å². The molecule has 0 aromatic carbocycles. The van der Waals surface area contributed by atoms with E-state index in [9.17, 15) is 0 Å². The fourth-order valence-electron chi connectivity index (χ4n) is 3.53. The zero-order valence-electron chi connectivity index (χ0n) is 16.3. The molecule has 148 valence electrons. The van der Waals surface area contributed by atoms with Gasteiger partial charge >= 0.3 is 0 Å². The third-order valence-electron chi connectivity index (χ3n) is 4.66. The number of guanidine groups is 1. The first kappa shape index (κ1) is 23.3. The average molecular weight is 484 g/mol. The number of hydrogen-bond acceptors (Lipinski definition) is 4. The molecule has 2 aliphatic heterocycles. The molecule has 3 unspecified atom stereocenters. The van der Waals surface area contributed by atoms with Gasteiger partial charge in [-0.2, -0.15) is 11.8 Å². The van der Waals surface area contributed by atoms with Gasteiger partial charge in [0, 0.05) is 37.5 Å². The Morgan fingerprint density at radius 3 is 2.60 bits per heavy atom. The second-order valence-electron chi connectivity index (χ2n) is 7.39. The monoisotopic (exact) mass is 484 g/mol. The van der Waals surface area contributed by atoms with Gasteiger partial charge in [0.2, 0.25) is 0 Å². The number of hydrogen-bond donors (Lipinski definition) is 2. The predicted octanol–water partition coefficient (Wildman–Crippen LogP) is 2.94. The summed E-state index contributed by atoms with van der Waals surface area (Å²) in [6, 6.07) is 0. The summed E-state index contributed by atoms with van der Waals surface area (Å²) in [6.45, 7) is 14.8. The molecule has 0 saturated carbocycles. The lowest BCUT2D eigenvalue weighted by Gasteiger charge is -2.35. The molecule has 0 bridgehead atoms. The Kier molecular flexibility index (Phi) is 11.1. The average Bonchev–Trinajstić information content (AvgIpc) is 2.95. The molecule has 7 heteroatoms. The zero-order chi connectivity index (χ0) is 17.4. The molecule has 2 heterocycles. The van der Waals surface area contributed by atoms with Crippen LogP contribution in [0.25, 0.3) is 0 Å². The maximum atomic E-state index is 5.79. The Hall–Kier alpha value is 0.270. The largest absolute Gasteiger partial charge is 0.373 e. The van der Waals surface area contributed by atoms with E-state index in [1.807, 2.05) is 0 Å². The van der Waals surface area contributed by atoms with Gasteiger partial charge in [-0.25, -0.2) is 0 Å². The van der Waals surface area contributed by atoms with Crippen LogP contribution in [0.3, 0.4) is 0 Å². The Morgan fingerprint density at radius 2 is 2.00 bits per heavy atom. The molecule has 0 amide bonds. The molecule has 25 heavy (non-hydrogen) atoms. The van der Waals surface area contributed by atoms with E-state index in [4.69, 9.17) is 9.73 Å². The van der Waals surface area contributed by atoms with E-state index in [1.165, 1.54) is 18.6 Å². The first-order chi connectivity index (χ1) is 11.5. The standard InChI is InChI=1S/C18H36N4OS.HI/c1-5-19-17(21-14-18(4)8-6-11-24-18)20-9-7-10-22-12-15(2)23-16(3)13-22;/h15-16H,5-14H2,1-4H3,(H2,19,20,21);1H. The Labute approximate surface area is 175 Å². The van der Waals surface area contributed by atoms with E-state index in [-0.39, 0.29) is 24.0 Å². The Bertz CT molecular complexity index is 395. The van der Waals surface area contributed by atoms with Crippen molar-refractivity contribution in [3.05, 3.63) is 0 Å². The highest BCUT2D eigenvalue weighted by atomic mass is 127. The van der Waals surface area contributed by atoms with Crippen molar-refractivity contribution in [2.45, 2.75) is 63.9 Å². The molecule has 2 aliphatic rings. The van der Waals surface area contributed by atoms with Crippen LogP contribution in [0, 0.1) is 0 Å². The lowest BCUT2D eigenvalue weighted by Crippen LogP contribution is -2.46. The minimum Gasteiger partial charge on any atom is -0.373 e. The van der Waals surface area contributed by atoms with Crippen LogP contribution in [0.15, 0.2) is 4.99 Å². The van der Waals surface area contributed by atoms with Crippen molar-refractivity contribution in [2.75, 3.05) is 45.0 Å². The molecule has 2 fully saturated rings. The van der Waals surface area contributed by atoms with Crippen LogP contribution < -0.4 is 10.6 Å². The van der Waals surface area contributed by atoms with Crippen LogP contribution in [0.2, 0.25) is 0 Å². The number of ether oxygens (including phenoxy) is 1. The maximum Gasteiger partial charge on any atom is 0.191 e. The van der Waals surface area contributed by atoms with E-state index >= 15 is 0 Å². The predicted molar refractivity (Wildman–Crippen MR) is 121 cm³/mol. The van der Waals surface area contributed by atoms with Gasteiger partial charge in [0.25, 0.3) is 0 Å². The number of nitrogens with zero attached hydrogens (tertiary/aromatic N) is 2. The van der Waals surface area contributed by atoms with Crippen LogP contribution in [0.4, 0.5) is 0 Å². The van der Waals surface area contributed by atoms with Crippen molar-refractivity contribution in [3.8, 4) is 0 Å². The first-order valence-corrected chi connectivity index (χ1v) is 10.5. The zero-order valence-corrected chi connectivity index (χ0v) is 19.5. The highest BCUT2D eigenvalue weighted by Crippen LogP contribution is 2.37. The smallest absolute Gasteiger partial charge is 0.191 e. The number of aliphatic imine (C=N–C) groups is 1. The highest BCUT2D eigenvalue weighted by molar-refractivity contribution is 14.0.